The summed E-state index contributed by atoms with van der Waals surface area (Å²) in [6.07, 6.45) is 6.43. The zero-order chi connectivity index (χ0) is 15.4. The third-order valence-electron chi connectivity index (χ3n) is 3.42. The molecule has 6 heteroatoms. The van der Waals surface area contributed by atoms with E-state index in [0.717, 1.165) is 12.8 Å². The Kier molecular flexibility index (Phi) is 4.85. The standard InChI is InChI=1S/C15H16ClNO4/c1-21-13-8-12(11(16)7-10(13)15(19)20)17-14(18)9-5-3-2-4-6-9/h2-3,7-9H,4-6H2,1H3,(H,17,18)(H,19,20). The Morgan fingerprint density at radius 1 is 1.38 bits per heavy atom. The summed E-state index contributed by atoms with van der Waals surface area (Å²) in [5, 5.41) is 12.0. The molecule has 1 atom stereocenters. The van der Waals surface area contributed by atoms with Crippen LogP contribution in [0.25, 0.3) is 0 Å². The molecule has 1 unspecified atom stereocenters. The van der Waals surface area contributed by atoms with Crippen molar-refractivity contribution in [1.82, 2.24) is 0 Å². The molecule has 0 radical (unpaired) electrons. The van der Waals surface area contributed by atoms with Gasteiger partial charge in [-0.3, -0.25) is 4.79 Å². The Labute approximate surface area is 127 Å². The first-order valence-corrected chi connectivity index (χ1v) is 6.97. The predicted octanol–water partition coefficient (Wildman–Crippen LogP) is 3.34. The van der Waals surface area contributed by atoms with Gasteiger partial charge in [0.2, 0.25) is 5.91 Å². The van der Waals surface area contributed by atoms with E-state index in [1.807, 2.05) is 6.08 Å². The van der Waals surface area contributed by atoms with Crippen molar-refractivity contribution in [1.29, 1.82) is 0 Å². The number of anilines is 1. The first kappa shape index (κ1) is 15.4. The van der Waals surface area contributed by atoms with Gasteiger partial charge in [0.15, 0.2) is 0 Å². The fourth-order valence-electron chi connectivity index (χ4n) is 2.25. The molecule has 0 heterocycles. The smallest absolute Gasteiger partial charge is 0.339 e. The number of hydrogen-bond acceptors (Lipinski definition) is 3. The highest BCUT2D eigenvalue weighted by atomic mass is 35.5. The van der Waals surface area contributed by atoms with Crippen LogP contribution in [0.4, 0.5) is 5.69 Å². The fraction of sp³-hybridized carbons (Fsp3) is 0.333. The largest absolute Gasteiger partial charge is 0.496 e. The number of allylic oxidation sites excluding steroid dienone is 2. The van der Waals surface area contributed by atoms with E-state index in [1.165, 1.54) is 19.2 Å². The molecule has 2 rings (SSSR count). The molecular formula is C15H16ClNO4. The van der Waals surface area contributed by atoms with Gasteiger partial charge in [-0.25, -0.2) is 4.79 Å². The number of nitrogens with one attached hydrogen (secondary N) is 1. The van der Waals surface area contributed by atoms with Crippen LogP contribution in [0.1, 0.15) is 29.6 Å². The van der Waals surface area contributed by atoms with E-state index in [2.05, 4.69) is 11.4 Å². The summed E-state index contributed by atoms with van der Waals surface area (Å²) < 4.78 is 5.03. The highest BCUT2D eigenvalue weighted by molar-refractivity contribution is 6.34. The van der Waals surface area contributed by atoms with Crippen molar-refractivity contribution >= 4 is 29.2 Å². The number of carboxylic acids is 1. The monoisotopic (exact) mass is 309 g/mol. The molecule has 0 saturated carbocycles. The molecule has 1 aliphatic carbocycles. The summed E-state index contributed by atoms with van der Waals surface area (Å²) in [6, 6.07) is 2.71. The van der Waals surface area contributed by atoms with Crippen molar-refractivity contribution in [3.8, 4) is 5.75 Å². The molecule has 1 aromatic rings. The molecule has 0 spiro atoms. The number of carbonyl (C=O) groups is 2. The number of carbonyl (C=O) groups excluding carboxylic acids is 1. The van der Waals surface area contributed by atoms with Crippen molar-refractivity contribution in [3.63, 3.8) is 0 Å². The minimum absolute atomic E-state index is 0.0406. The SMILES string of the molecule is COc1cc(NC(=O)C2CC=CCC2)c(Cl)cc1C(=O)O. The summed E-state index contributed by atoms with van der Waals surface area (Å²) in [6.45, 7) is 0. The summed E-state index contributed by atoms with van der Waals surface area (Å²) in [4.78, 5) is 23.3. The van der Waals surface area contributed by atoms with Gasteiger partial charge < -0.3 is 15.2 Å². The maximum Gasteiger partial charge on any atom is 0.339 e. The van der Waals surface area contributed by atoms with Crippen LogP contribution >= 0.6 is 11.6 Å². The van der Waals surface area contributed by atoms with Crippen LogP contribution in [-0.4, -0.2) is 24.1 Å². The quantitative estimate of drug-likeness (QED) is 0.836. The number of ether oxygens (including phenoxy) is 1. The van der Waals surface area contributed by atoms with Crippen LogP contribution < -0.4 is 10.1 Å². The zero-order valence-electron chi connectivity index (χ0n) is 11.6. The highest BCUT2D eigenvalue weighted by Crippen LogP contribution is 2.32. The first-order valence-electron chi connectivity index (χ1n) is 6.59. The molecule has 0 bridgehead atoms. The maximum absolute atomic E-state index is 12.2. The lowest BCUT2D eigenvalue weighted by atomic mass is 9.93. The van der Waals surface area contributed by atoms with E-state index < -0.39 is 5.97 Å². The van der Waals surface area contributed by atoms with Gasteiger partial charge in [0.05, 0.1) is 17.8 Å². The highest BCUT2D eigenvalue weighted by Gasteiger charge is 2.21. The van der Waals surface area contributed by atoms with Crippen molar-refractivity contribution in [3.05, 3.63) is 34.9 Å². The van der Waals surface area contributed by atoms with Crippen molar-refractivity contribution in [2.45, 2.75) is 19.3 Å². The minimum atomic E-state index is -1.14. The molecular weight excluding hydrogens is 294 g/mol. The van der Waals surface area contributed by atoms with Crippen LogP contribution in [0.2, 0.25) is 5.02 Å². The topological polar surface area (TPSA) is 75.6 Å². The number of benzene rings is 1. The predicted molar refractivity (Wildman–Crippen MR) is 80.1 cm³/mol. The van der Waals surface area contributed by atoms with E-state index in [4.69, 9.17) is 21.4 Å². The molecule has 0 fully saturated rings. The van der Waals surface area contributed by atoms with Gasteiger partial charge in [-0.1, -0.05) is 23.8 Å². The summed E-state index contributed by atoms with van der Waals surface area (Å²) in [7, 11) is 1.37. The van der Waals surface area contributed by atoms with E-state index in [1.54, 1.807) is 0 Å². The average Bonchev–Trinajstić information content (AvgIpc) is 2.49. The Morgan fingerprint density at radius 3 is 2.71 bits per heavy atom. The molecule has 1 aliphatic rings. The minimum Gasteiger partial charge on any atom is -0.496 e. The zero-order valence-corrected chi connectivity index (χ0v) is 12.3. The normalized spacial score (nSPS) is 17.3. The average molecular weight is 310 g/mol. The van der Waals surface area contributed by atoms with Gasteiger partial charge in [-0.05, 0) is 25.3 Å². The second kappa shape index (κ2) is 6.63. The van der Waals surface area contributed by atoms with Crippen molar-refractivity contribution < 1.29 is 19.4 Å². The summed E-state index contributed by atoms with van der Waals surface area (Å²) >= 11 is 6.04. The molecule has 0 saturated heterocycles. The molecule has 0 aliphatic heterocycles. The van der Waals surface area contributed by atoms with Crippen LogP contribution in [-0.2, 0) is 4.79 Å². The van der Waals surface area contributed by atoms with Gasteiger partial charge >= 0.3 is 5.97 Å². The number of hydrogen-bond donors (Lipinski definition) is 2. The van der Waals surface area contributed by atoms with E-state index in [-0.39, 0.29) is 28.2 Å². The van der Waals surface area contributed by atoms with Gasteiger partial charge in [-0.15, -0.1) is 0 Å². The summed E-state index contributed by atoms with van der Waals surface area (Å²) in [5.74, 6) is -1.18. The van der Waals surface area contributed by atoms with Crippen LogP contribution in [0.15, 0.2) is 24.3 Å². The maximum atomic E-state index is 12.2. The number of methoxy groups -OCH3 is 1. The number of rotatable bonds is 4. The van der Waals surface area contributed by atoms with E-state index in [0.29, 0.717) is 12.1 Å². The second-order valence-electron chi connectivity index (χ2n) is 4.81. The van der Waals surface area contributed by atoms with Crippen LogP contribution in [0.5, 0.6) is 5.75 Å². The molecule has 21 heavy (non-hydrogen) atoms. The lowest BCUT2D eigenvalue weighted by Gasteiger charge is -2.18. The Bertz CT molecular complexity index is 598. The van der Waals surface area contributed by atoms with Crippen LogP contribution in [0, 0.1) is 5.92 Å². The number of halogens is 1. The van der Waals surface area contributed by atoms with E-state index >= 15 is 0 Å². The number of aromatic carboxylic acids is 1. The van der Waals surface area contributed by atoms with Crippen molar-refractivity contribution in [2.24, 2.45) is 5.92 Å². The molecule has 1 amide bonds. The third-order valence-corrected chi connectivity index (χ3v) is 3.73. The lowest BCUT2D eigenvalue weighted by Crippen LogP contribution is -2.23. The third kappa shape index (κ3) is 3.55. The molecule has 112 valence electrons. The number of amides is 1. The lowest BCUT2D eigenvalue weighted by molar-refractivity contribution is -0.120. The van der Waals surface area contributed by atoms with Gasteiger partial charge in [0.25, 0.3) is 0 Å². The summed E-state index contributed by atoms with van der Waals surface area (Å²) in [5.41, 5.74) is 0.319. The fourth-order valence-corrected chi connectivity index (χ4v) is 2.46. The van der Waals surface area contributed by atoms with Gasteiger partial charge in [-0.2, -0.15) is 0 Å². The molecule has 1 aromatic carbocycles. The van der Waals surface area contributed by atoms with Crippen molar-refractivity contribution in [2.75, 3.05) is 12.4 Å². The van der Waals surface area contributed by atoms with E-state index in [9.17, 15) is 9.59 Å². The first-order chi connectivity index (χ1) is 10.0. The molecule has 5 nitrogen and oxygen atoms in total. The van der Waals surface area contributed by atoms with Gasteiger partial charge in [0.1, 0.15) is 11.3 Å². The van der Waals surface area contributed by atoms with Gasteiger partial charge in [0, 0.05) is 12.0 Å². The Morgan fingerprint density at radius 2 is 2.14 bits per heavy atom. The Balaban J connectivity index is 2.21. The molecule has 2 N–H and O–H groups in total. The van der Waals surface area contributed by atoms with Crippen LogP contribution in [0.3, 0.4) is 0 Å². The Hall–Kier alpha value is -2.01. The molecule has 0 aromatic heterocycles. The second-order valence-corrected chi connectivity index (χ2v) is 5.22. The number of carboxylic acid groups (broad SMARTS) is 1.